The molecule has 1 unspecified atom stereocenters. The number of hydrogen-bond donors (Lipinski definition) is 1. The van der Waals surface area contributed by atoms with E-state index in [0.29, 0.717) is 5.92 Å². The minimum absolute atomic E-state index is 0.661. The molecule has 88 valence electrons. The van der Waals surface area contributed by atoms with Gasteiger partial charge in [-0.15, -0.1) is 0 Å². The summed E-state index contributed by atoms with van der Waals surface area (Å²) in [6, 6.07) is 6.08. The topological polar surface area (TPSA) is 29.3 Å². The fourth-order valence-corrected chi connectivity index (χ4v) is 2.87. The number of rotatable bonds is 3. The number of nitrogens with zero attached hydrogens (tertiary/aromatic N) is 1. The van der Waals surface area contributed by atoms with Crippen LogP contribution in [0.15, 0.2) is 22.7 Å². The fraction of sp³-hybridized carbons (Fsp3) is 0.500. The lowest BCUT2D eigenvalue weighted by Gasteiger charge is -2.16. The van der Waals surface area contributed by atoms with E-state index in [2.05, 4.69) is 26.9 Å². The van der Waals surface area contributed by atoms with Crippen LogP contribution >= 0.6 is 27.5 Å². The molecule has 1 aliphatic heterocycles. The van der Waals surface area contributed by atoms with E-state index in [-0.39, 0.29) is 0 Å². The molecule has 2 nitrogen and oxygen atoms in total. The predicted octanol–water partition coefficient (Wildman–Crippen LogP) is 2.88. The molecule has 0 radical (unpaired) electrons. The van der Waals surface area contributed by atoms with E-state index in [1.165, 1.54) is 12.0 Å². The largest absolute Gasteiger partial charge is 0.330 e. The van der Waals surface area contributed by atoms with Crippen LogP contribution in [0.3, 0.4) is 0 Å². The Morgan fingerprint density at radius 3 is 2.94 bits per heavy atom. The van der Waals surface area contributed by atoms with Gasteiger partial charge in [-0.05, 0) is 43.1 Å². The Morgan fingerprint density at radius 2 is 2.31 bits per heavy atom. The van der Waals surface area contributed by atoms with E-state index in [9.17, 15) is 0 Å². The van der Waals surface area contributed by atoms with Gasteiger partial charge in [-0.3, -0.25) is 4.90 Å². The quantitative estimate of drug-likeness (QED) is 0.930. The maximum atomic E-state index is 6.20. The molecule has 1 aromatic rings. The molecule has 1 heterocycles. The first-order valence-corrected chi connectivity index (χ1v) is 6.72. The molecule has 0 spiro atoms. The highest BCUT2D eigenvalue weighted by atomic mass is 79.9. The van der Waals surface area contributed by atoms with Crippen LogP contribution in [-0.4, -0.2) is 24.5 Å². The third-order valence-corrected chi connectivity index (χ3v) is 3.96. The van der Waals surface area contributed by atoms with Gasteiger partial charge in [-0.2, -0.15) is 0 Å². The SMILES string of the molecule is NCC1CCN(Cc2ccc(Br)cc2Cl)C1. The number of halogens is 2. The predicted molar refractivity (Wildman–Crippen MR) is 71.6 cm³/mol. The number of likely N-dealkylation sites (tertiary alicyclic amines) is 1. The number of nitrogens with two attached hydrogens (primary N) is 1. The van der Waals surface area contributed by atoms with Gasteiger partial charge in [0.05, 0.1) is 0 Å². The summed E-state index contributed by atoms with van der Waals surface area (Å²) in [5.74, 6) is 0.661. The lowest BCUT2D eigenvalue weighted by atomic mass is 10.1. The second-order valence-electron chi connectivity index (χ2n) is 4.36. The van der Waals surface area contributed by atoms with Gasteiger partial charge in [0.15, 0.2) is 0 Å². The summed E-state index contributed by atoms with van der Waals surface area (Å²) in [6.45, 7) is 3.96. The summed E-state index contributed by atoms with van der Waals surface area (Å²) in [6.07, 6.45) is 1.21. The van der Waals surface area contributed by atoms with E-state index in [4.69, 9.17) is 17.3 Å². The molecule has 4 heteroatoms. The van der Waals surface area contributed by atoms with Crippen molar-refractivity contribution in [3.05, 3.63) is 33.3 Å². The van der Waals surface area contributed by atoms with Gasteiger partial charge < -0.3 is 5.73 Å². The van der Waals surface area contributed by atoms with E-state index >= 15 is 0 Å². The van der Waals surface area contributed by atoms with Crippen LogP contribution < -0.4 is 5.73 Å². The number of hydrogen-bond acceptors (Lipinski definition) is 2. The Hall–Kier alpha value is -0.0900. The molecule has 2 rings (SSSR count). The zero-order valence-electron chi connectivity index (χ0n) is 9.13. The van der Waals surface area contributed by atoms with Crippen LogP contribution in [0.5, 0.6) is 0 Å². The van der Waals surface area contributed by atoms with Crippen molar-refractivity contribution in [1.82, 2.24) is 4.90 Å². The molecule has 16 heavy (non-hydrogen) atoms. The molecule has 1 fully saturated rings. The van der Waals surface area contributed by atoms with Crippen LogP contribution in [-0.2, 0) is 6.54 Å². The Bertz CT molecular complexity index is 370. The Morgan fingerprint density at radius 1 is 1.50 bits per heavy atom. The molecule has 1 saturated heterocycles. The molecular formula is C12H16BrClN2. The minimum Gasteiger partial charge on any atom is -0.330 e. The summed E-state index contributed by atoms with van der Waals surface area (Å²) >= 11 is 9.61. The van der Waals surface area contributed by atoms with Crippen molar-refractivity contribution >= 4 is 27.5 Å². The lowest BCUT2D eigenvalue weighted by molar-refractivity contribution is 0.318. The smallest absolute Gasteiger partial charge is 0.0462 e. The molecule has 0 amide bonds. The molecule has 0 aromatic heterocycles. The van der Waals surface area contributed by atoms with Crippen LogP contribution in [0.25, 0.3) is 0 Å². The maximum absolute atomic E-state index is 6.20. The summed E-state index contributed by atoms with van der Waals surface area (Å²) in [4.78, 5) is 2.42. The zero-order valence-corrected chi connectivity index (χ0v) is 11.5. The summed E-state index contributed by atoms with van der Waals surface area (Å²) in [7, 11) is 0. The van der Waals surface area contributed by atoms with Crippen molar-refractivity contribution in [1.29, 1.82) is 0 Å². The molecular weight excluding hydrogens is 288 g/mol. The van der Waals surface area contributed by atoms with Crippen molar-refractivity contribution in [2.45, 2.75) is 13.0 Å². The fourth-order valence-electron chi connectivity index (χ4n) is 2.14. The van der Waals surface area contributed by atoms with E-state index in [0.717, 1.165) is 35.7 Å². The average Bonchev–Trinajstić information content (AvgIpc) is 2.70. The first-order valence-electron chi connectivity index (χ1n) is 5.55. The van der Waals surface area contributed by atoms with Gasteiger partial charge in [0.2, 0.25) is 0 Å². The van der Waals surface area contributed by atoms with Gasteiger partial charge in [0.1, 0.15) is 0 Å². The molecule has 1 aliphatic rings. The van der Waals surface area contributed by atoms with Crippen LogP contribution in [0.2, 0.25) is 5.02 Å². The normalized spacial score (nSPS) is 21.6. The Labute approximate surface area is 110 Å². The van der Waals surface area contributed by atoms with E-state index in [1.807, 2.05) is 12.1 Å². The van der Waals surface area contributed by atoms with Gasteiger partial charge in [0.25, 0.3) is 0 Å². The van der Waals surface area contributed by atoms with Gasteiger partial charge in [-0.1, -0.05) is 33.6 Å². The monoisotopic (exact) mass is 302 g/mol. The second-order valence-corrected chi connectivity index (χ2v) is 5.68. The lowest BCUT2D eigenvalue weighted by Crippen LogP contribution is -2.22. The zero-order chi connectivity index (χ0) is 11.5. The van der Waals surface area contributed by atoms with Gasteiger partial charge in [-0.25, -0.2) is 0 Å². The van der Waals surface area contributed by atoms with Crippen LogP contribution in [0.4, 0.5) is 0 Å². The highest BCUT2D eigenvalue weighted by molar-refractivity contribution is 9.10. The first kappa shape index (κ1) is 12.4. The van der Waals surface area contributed by atoms with Gasteiger partial charge >= 0.3 is 0 Å². The molecule has 0 aliphatic carbocycles. The van der Waals surface area contributed by atoms with E-state index in [1.54, 1.807) is 0 Å². The van der Waals surface area contributed by atoms with Crippen molar-refractivity contribution in [2.75, 3.05) is 19.6 Å². The van der Waals surface area contributed by atoms with Crippen LogP contribution in [0, 0.1) is 5.92 Å². The molecule has 1 aromatic carbocycles. The minimum atomic E-state index is 0.661. The standard InChI is InChI=1S/C12H16BrClN2/c13-11-2-1-10(12(14)5-11)8-16-4-3-9(6-15)7-16/h1-2,5,9H,3-4,6-8,15H2. The van der Waals surface area contributed by atoms with E-state index < -0.39 is 0 Å². The van der Waals surface area contributed by atoms with Crippen LogP contribution in [0.1, 0.15) is 12.0 Å². The van der Waals surface area contributed by atoms with Crippen molar-refractivity contribution < 1.29 is 0 Å². The first-order chi connectivity index (χ1) is 7.69. The molecule has 0 bridgehead atoms. The van der Waals surface area contributed by atoms with Gasteiger partial charge in [0, 0.05) is 22.6 Å². The molecule has 0 saturated carbocycles. The Kier molecular flexibility index (Phi) is 4.25. The highest BCUT2D eigenvalue weighted by Gasteiger charge is 2.21. The third-order valence-electron chi connectivity index (χ3n) is 3.11. The highest BCUT2D eigenvalue weighted by Crippen LogP contribution is 2.24. The Balaban J connectivity index is 1.99. The summed E-state index contributed by atoms with van der Waals surface area (Å²) < 4.78 is 1.03. The average molecular weight is 304 g/mol. The maximum Gasteiger partial charge on any atom is 0.0462 e. The number of benzene rings is 1. The molecule has 2 N–H and O–H groups in total. The van der Waals surface area contributed by atoms with Crippen molar-refractivity contribution in [3.8, 4) is 0 Å². The van der Waals surface area contributed by atoms with Crippen molar-refractivity contribution in [3.63, 3.8) is 0 Å². The summed E-state index contributed by atoms with van der Waals surface area (Å²) in [5.41, 5.74) is 6.88. The summed E-state index contributed by atoms with van der Waals surface area (Å²) in [5, 5.41) is 0.838. The molecule has 1 atom stereocenters. The second kappa shape index (κ2) is 5.50. The third kappa shape index (κ3) is 2.98. The van der Waals surface area contributed by atoms with Crippen molar-refractivity contribution in [2.24, 2.45) is 11.7 Å².